The molecule has 0 amide bonds. The van der Waals surface area contributed by atoms with E-state index in [0.29, 0.717) is 110 Å². The van der Waals surface area contributed by atoms with Gasteiger partial charge in [-0.25, -0.2) is 0 Å². The molecule has 0 bridgehead atoms. The third-order valence-corrected chi connectivity index (χ3v) is 8.38. The fourth-order valence-corrected chi connectivity index (χ4v) is 4.89. The third kappa shape index (κ3) is 21.8. The van der Waals surface area contributed by atoms with Gasteiger partial charge in [-0.15, -0.1) is 0 Å². The monoisotopic (exact) mass is 862 g/mol. The van der Waals surface area contributed by atoms with Crippen LogP contribution in [0.5, 0.6) is 0 Å². The van der Waals surface area contributed by atoms with Gasteiger partial charge in [-0.1, -0.05) is 51.9 Å². The Labute approximate surface area is 354 Å². The first kappa shape index (κ1) is 54.0. The minimum Gasteiger partial charge on any atom is -0.792 e. The summed E-state index contributed by atoms with van der Waals surface area (Å²) in [4.78, 5) is 26.0. The van der Waals surface area contributed by atoms with E-state index in [9.17, 15) is 20.8 Å². The van der Waals surface area contributed by atoms with Gasteiger partial charge < -0.3 is 31.1 Å². The Balaban J connectivity index is 0. The number of rotatable bonds is 4. The van der Waals surface area contributed by atoms with Crippen LogP contribution in [0.2, 0.25) is 0 Å². The van der Waals surface area contributed by atoms with Crippen molar-refractivity contribution < 1.29 is 44.0 Å². The van der Waals surface area contributed by atoms with Gasteiger partial charge in [0.25, 0.3) is 0 Å². The van der Waals surface area contributed by atoms with Crippen molar-refractivity contribution >= 4 is 45.7 Å². The molecule has 3 heterocycles. The van der Waals surface area contributed by atoms with Gasteiger partial charge in [0.05, 0.1) is 34.3 Å². The van der Waals surface area contributed by atoms with E-state index < -0.39 is 0 Å². The number of aromatic nitrogens is 2. The summed E-state index contributed by atoms with van der Waals surface area (Å²) in [5, 5.41) is 53.2. The molecule has 314 valence electrons. The molecule has 2 N–H and O–H groups in total. The first-order valence-corrected chi connectivity index (χ1v) is 18.3. The smallest absolute Gasteiger partial charge is 0.0974 e. The molecule has 0 fully saturated rings. The van der Waals surface area contributed by atoms with Crippen LogP contribution in [0.1, 0.15) is 119 Å². The maximum Gasteiger partial charge on any atom is 0.0974 e. The number of oxime groups is 2. The Morgan fingerprint density at radius 1 is 0.500 bits per heavy atom. The largest absolute Gasteiger partial charge is 0.792 e. The van der Waals surface area contributed by atoms with Crippen molar-refractivity contribution in [1.29, 1.82) is 0 Å². The van der Waals surface area contributed by atoms with E-state index in [4.69, 9.17) is 0 Å². The van der Waals surface area contributed by atoms with E-state index in [1.807, 2.05) is 24.8 Å². The van der Waals surface area contributed by atoms with E-state index >= 15 is 0 Å². The zero-order valence-corrected chi connectivity index (χ0v) is 36.6. The summed E-state index contributed by atoms with van der Waals surface area (Å²) >= 11 is 0. The number of aliphatic imine (C=N–C) groups is 4. The molecule has 56 heavy (non-hydrogen) atoms. The summed E-state index contributed by atoms with van der Waals surface area (Å²) in [5.41, 5.74) is 6.96. The molecule has 16 heteroatoms. The molecule has 2 aromatic rings. The minimum absolute atomic E-state index is 0. The van der Waals surface area contributed by atoms with Crippen LogP contribution in [0.25, 0.3) is 0 Å². The SMILES string of the molecule is C/C(=N\[O-])C1=NCCCN=C(/C(C)=N/O)CCC(/C(C)=N/[O-])=NCCCN=C(/C(C)=N/O)CC1.CC(C)(C)c1ccncc1.CC(C)(C)c1ccncc1.[Co].[Co]. The summed E-state index contributed by atoms with van der Waals surface area (Å²) in [7, 11) is 0. The summed E-state index contributed by atoms with van der Waals surface area (Å²) in [6.45, 7) is 21.5. The predicted molar refractivity (Wildman–Crippen MR) is 226 cm³/mol. The Morgan fingerprint density at radius 2 is 0.750 bits per heavy atom. The second kappa shape index (κ2) is 29.2. The second-order valence-corrected chi connectivity index (χ2v) is 14.7. The average Bonchev–Trinajstić information content (AvgIpc) is 3.17. The zero-order valence-electron chi connectivity index (χ0n) is 34.5. The summed E-state index contributed by atoms with van der Waals surface area (Å²) < 4.78 is 0. The Kier molecular flexibility index (Phi) is 28.1. The fourth-order valence-electron chi connectivity index (χ4n) is 4.89. The van der Waals surface area contributed by atoms with Gasteiger partial charge >= 0.3 is 0 Å². The van der Waals surface area contributed by atoms with Gasteiger partial charge in [0, 0.05) is 95.9 Å². The minimum atomic E-state index is 0. The van der Waals surface area contributed by atoms with Crippen molar-refractivity contribution in [3.05, 3.63) is 70.6 Å². The first-order valence-electron chi connectivity index (χ1n) is 18.3. The predicted octanol–water partition coefficient (Wildman–Crippen LogP) is 8.48. The summed E-state index contributed by atoms with van der Waals surface area (Å²) in [5.74, 6) is 0. The molecule has 2 aromatic heterocycles. The van der Waals surface area contributed by atoms with Crippen LogP contribution in [0.15, 0.2) is 89.6 Å². The average molecular weight is 863 g/mol. The summed E-state index contributed by atoms with van der Waals surface area (Å²) in [6, 6.07) is 8.22. The van der Waals surface area contributed by atoms with Gasteiger partial charge in [-0.2, -0.15) is 0 Å². The molecular formula is C40H60Co2N10O4-2. The molecular weight excluding hydrogens is 802 g/mol. The third-order valence-electron chi connectivity index (χ3n) is 8.38. The van der Waals surface area contributed by atoms with E-state index in [2.05, 4.69) is 116 Å². The van der Waals surface area contributed by atoms with Crippen LogP contribution in [-0.4, -0.2) is 92.3 Å². The van der Waals surface area contributed by atoms with Crippen molar-refractivity contribution in [3.8, 4) is 0 Å². The molecule has 0 unspecified atom stereocenters. The molecule has 0 spiro atoms. The molecule has 0 saturated carbocycles. The van der Waals surface area contributed by atoms with Crippen molar-refractivity contribution in [1.82, 2.24) is 9.97 Å². The van der Waals surface area contributed by atoms with E-state index in [1.165, 1.54) is 11.1 Å². The molecule has 2 radical (unpaired) electrons. The maximum atomic E-state index is 11.1. The van der Waals surface area contributed by atoms with E-state index in [1.54, 1.807) is 27.7 Å². The molecule has 0 aliphatic carbocycles. The van der Waals surface area contributed by atoms with Gasteiger partial charge in [0.2, 0.25) is 0 Å². The second-order valence-electron chi connectivity index (χ2n) is 14.7. The van der Waals surface area contributed by atoms with E-state index in [-0.39, 0.29) is 44.4 Å². The molecule has 14 nitrogen and oxygen atoms in total. The van der Waals surface area contributed by atoms with Crippen LogP contribution in [-0.2, 0) is 44.4 Å². The molecule has 1 aliphatic heterocycles. The number of pyridine rings is 2. The van der Waals surface area contributed by atoms with Crippen molar-refractivity contribution in [2.24, 2.45) is 40.6 Å². The van der Waals surface area contributed by atoms with Crippen LogP contribution in [0, 0.1) is 10.4 Å². The Bertz CT molecular complexity index is 1470. The maximum absolute atomic E-state index is 11.1. The number of nitrogens with zero attached hydrogens (tertiary/aromatic N) is 10. The molecule has 3 rings (SSSR count). The standard InChI is InChI=1S/C22H36N8O4.2C9H13N.2Co/c1-15(27-31)19-7-8-20(16(2)28-32)24-13-6-14-26-22(18(4)30-34)10-9-21(17(3)29-33)25-12-5-11-23-19;2*1-9(2,3)8-4-6-10-7-5-8;;/h31-34H,5-14H2,1-4H3;2*4-7H,1-3H3;;/p-2/b23-19?,24-20?,25-21?,26-22?,27-15+,28-16+,29-17+,30-18+;;;;. The zero-order chi connectivity index (χ0) is 40.6. The Morgan fingerprint density at radius 3 is 0.946 bits per heavy atom. The van der Waals surface area contributed by atoms with Crippen LogP contribution in [0.4, 0.5) is 0 Å². The molecule has 0 aromatic carbocycles. The quantitative estimate of drug-likeness (QED) is 0.175. The number of hydrogen-bond donors (Lipinski definition) is 2. The molecule has 1 aliphatic rings. The first-order chi connectivity index (χ1) is 25.6. The summed E-state index contributed by atoms with van der Waals surface area (Å²) in [6.07, 6.45) is 10.3. The molecule has 0 atom stereocenters. The normalized spacial score (nSPS) is 16.2. The number of hydrogen-bond acceptors (Lipinski definition) is 14. The van der Waals surface area contributed by atoms with Gasteiger partial charge in [0.15, 0.2) is 0 Å². The van der Waals surface area contributed by atoms with Gasteiger partial charge in [-0.05, 0) is 112 Å². The van der Waals surface area contributed by atoms with Crippen LogP contribution < -0.4 is 0 Å². The van der Waals surface area contributed by atoms with Crippen LogP contribution >= 0.6 is 0 Å². The fraction of sp³-hybridized carbons (Fsp3) is 0.550. The van der Waals surface area contributed by atoms with Crippen molar-refractivity contribution in [2.45, 2.75) is 119 Å². The Hall–Kier alpha value is -4.13. The van der Waals surface area contributed by atoms with Crippen LogP contribution in [0.3, 0.4) is 0 Å². The van der Waals surface area contributed by atoms with E-state index in [0.717, 1.165) is 0 Å². The van der Waals surface area contributed by atoms with Gasteiger partial charge in [-0.3, -0.25) is 29.9 Å². The van der Waals surface area contributed by atoms with Crippen molar-refractivity contribution in [2.75, 3.05) is 26.2 Å². The van der Waals surface area contributed by atoms with Gasteiger partial charge in [0.1, 0.15) is 0 Å². The molecule has 0 saturated heterocycles. The topological polar surface area (TPSA) is 211 Å². The van der Waals surface area contributed by atoms with Crippen molar-refractivity contribution in [3.63, 3.8) is 0 Å².